The van der Waals surface area contributed by atoms with Crippen molar-refractivity contribution in [2.45, 2.75) is 27.1 Å². The van der Waals surface area contributed by atoms with E-state index in [-0.39, 0.29) is 5.75 Å². The first-order valence-corrected chi connectivity index (χ1v) is 12.4. The molecular formula is C29H24F3N5OS. The van der Waals surface area contributed by atoms with Gasteiger partial charge in [0.1, 0.15) is 11.6 Å². The molecule has 5 aromatic rings. The molecule has 0 atom stereocenters. The first-order valence-electron chi connectivity index (χ1n) is 12.0. The molecule has 1 heterocycles. The zero-order chi connectivity index (χ0) is 27.7. The summed E-state index contributed by atoms with van der Waals surface area (Å²) in [5.41, 5.74) is 9.20. The summed E-state index contributed by atoms with van der Waals surface area (Å²) in [5.74, 6) is 0.436. The van der Waals surface area contributed by atoms with Crippen LogP contribution >= 0.6 is 12.2 Å². The topological polar surface area (TPSA) is 63.5 Å². The molecule has 0 aliphatic carbocycles. The van der Waals surface area contributed by atoms with Crippen LogP contribution in [0.2, 0.25) is 0 Å². The van der Waals surface area contributed by atoms with Gasteiger partial charge < -0.3 is 10.1 Å². The number of ether oxygens (including phenoxy) is 1. The largest absolute Gasteiger partial charge is 0.573 e. The molecule has 0 spiro atoms. The number of rotatable bonds is 5. The van der Waals surface area contributed by atoms with E-state index in [0.717, 1.165) is 44.2 Å². The number of aromatic nitrogens is 2. The van der Waals surface area contributed by atoms with Crippen molar-refractivity contribution in [3.05, 3.63) is 95.3 Å². The summed E-state index contributed by atoms with van der Waals surface area (Å²) in [6.45, 7) is 5.89. The number of nitrogens with zero attached hydrogens (tertiary/aromatic N) is 3. The highest BCUT2D eigenvalue weighted by Crippen LogP contribution is 2.30. The van der Waals surface area contributed by atoms with E-state index in [2.05, 4.69) is 20.6 Å². The molecule has 0 amide bonds. The molecule has 0 aliphatic rings. The van der Waals surface area contributed by atoms with Gasteiger partial charge >= 0.3 is 6.36 Å². The van der Waals surface area contributed by atoms with Gasteiger partial charge in [-0.1, -0.05) is 36.4 Å². The number of halogens is 3. The number of hydrazone groups is 1. The standard InChI is InChI=1S/C29H24F3N5OS/c1-17-5-4-6-18(2)26(17)35-28(39)36-33-16-20-7-13-24-21(15-20)8-14-25-27(24)34-19(3)37(25)22-9-11-23(12-10-22)38-29(30,31)32/h4-16H,1-3H3,(H2,35,36,39). The van der Waals surface area contributed by atoms with Gasteiger partial charge in [0.05, 0.1) is 17.2 Å². The molecule has 0 unspecified atom stereocenters. The number of aryl methyl sites for hydroxylation is 3. The van der Waals surface area contributed by atoms with E-state index >= 15 is 0 Å². The van der Waals surface area contributed by atoms with Crippen molar-refractivity contribution in [1.82, 2.24) is 15.0 Å². The molecule has 0 aliphatic heterocycles. The third kappa shape index (κ3) is 5.70. The SMILES string of the molecule is Cc1cccc(C)c1NC(=S)NN=Cc1ccc2c(ccc3c2nc(C)n3-c2ccc(OC(F)(F)F)cc2)c1. The average Bonchev–Trinajstić information content (AvgIpc) is 3.22. The van der Waals surface area contributed by atoms with Crippen LogP contribution in [0.15, 0.2) is 77.9 Å². The van der Waals surface area contributed by atoms with Crippen molar-refractivity contribution in [3.63, 3.8) is 0 Å². The lowest BCUT2D eigenvalue weighted by Crippen LogP contribution is -2.24. The van der Waals surface area contributed by atoms with Gasteiger partial charge in [0.2, 0.25) is 0 Å². The van der Waals surface area contributed by atoms with Gasteiger partial charge in [0.15, 0.2) is 5.11 Å². The minimum Gasteiger partial charge on any atom is -0.406 e. The fraction of sp³-hybridized carbons (Fsp3) is 0.138. The Morgan fingerprint density at radius 1 is 0.974 bits per heavy atom. The Bertz CT molecular complexity index is 1710. The van der Waals surface area contributed by atoms with Crippen molar-refractivity contribution in [2.75, 3.05) is 5.32 Å². The van der Waals surface area contributed by atoms with Crippen molar-refractivity contribution < 1.29 is 17.9 Å². The Kier molecular flexibility index (Phi) is 6.96. The molecule has 4 aromatic carbocycles. The predicted octanol–water partition coefficient (Wildman–Crippen LogP) is 7.32. The fourth-order valence-corrected chi connectivity index (χ4v) is 4.68. The van der Waals surface area contributed by atoms with Crippen molar-refractivity contribution in [1.29, 1.82) is 0 Å². The number of nitrogens with one attached hydrogen (secondary N) is 2. The van der Waals surface area contributed by atoms with Crippen LogP contribution in [-0.4, -0.2) is 27.2 Å². The number of para-hydroxylation sites is 1. The molecule has 39 heavy (non-hydrogen) atoms. The van der Waals surface area contributed by atoms with E-state index in [1.807, 2.05) is 73.9 Å². The number of fused-ring (bicyclic) bond motifs is 3. The van der Waals surface area contributed by atoms with E-state index in [0.29, 0.717) is 16.6 Å². The summed E-state index contributed by atoms with van der Waals surface area (Å²) in [7, 11) is 0. The van der Waals surface area contributed by atoms with Gasteiger partial charge in [0, 0.05) is 16.8 Å². The molecule has 0 saturated carbocycles. The number of imidazole rings is 1. The monoisotopic (exact) mass is 547 g/mol. The van der Waals surface area contributed by atoms with Crippen LogP contribution in [0.1, 0.15) is 22.5 Å². The number of thiocarbonyl (C=S) groups is 1. The molecule has 0 radical (unpaired) electrons. The molecular weight excluding hydrogens is 523 g/mol. The number of anilines is 1. The van der Waals surface area contributed by atoms with Crippen LogP contribution in [0.3, 0.4) is 0 Å². The minimum absolute atomic E-state index is 0.274. The molecule has 5 rings (SSSR count). The first-order chi connectivity index (χ1) is 18.6. The lowest BCUT2D eigenvalue weighted by molar-refractivity contribution is -0.274. The average molecular weight is 548 g/mol. The Labute approximate surface area is 228 Å². The van der Waals surface area contributed by atoms with Crippen molar-refractivity contribution in [3.8, 4) is 11.4 Å². The van der Waals surface area contributed by atoms with Gasteiger partial charge in [-0.2, -0.15) is 5.10 Å². The third-order valence-corrected chi connectivity index (χ3v) is 6.45. The summed E-state index contributed by atoms with van der Waals surface area (Å²) >= 11 is 5.38. The molecule has 0 saturated heterocycles. The van der Waals surface area contributed by atoms with E-state index in [9.17, 15) is 13.2 Å². The number of hydrogen-bond donors (Lipinski definition) is 2. The highest BCUT2D eigenvalue weighted by Gasteiger charge is 2.31. The lowest BCUT2D eigenvalue weighted by Gasteiger charge is -2.12. The first kappa shape index (κ1) is 26.2. The maximum Gasteiger partial charge on any atom is 0.573 e. The Morgan fingerprint density at radius 3 is 2.38 bits per heavy atom. The van der Waals surface area contributed by atoms with Crippen LogP contribution in [-0.2, 0) is 0 Å². The Hall–Kier alpha value is -4.44. The molecule has 6 nitrogen and oxygen atoms in total. The summed E-state index contributed by atoms with van der Waals surface area (Å²) < 4.78 is 43.4. The van der Waals surface area contributed by atoms with Gasteiger partial charge in [-0.15, -0.1) is 13.2 Å². The Balaban J connectivity index is 1.36. The quantitative estimate of drug-likeness (QED) is 0.137. The van der Waals surface area contributed by atoms with Crippen LogP contribution in [0.5, 0.6) is 5.75 Å². The second-order valence-corrected chi connectivity index (χ2v) is 9.45. The maximum atomic E-state index is 12.5. The summed E-state index contributed by atoms with van der Waals surface area (Å²) in [4.78, 5) is 4.75. The van der Waals surface area contributed by atoms with Gasteiger partial charge in [-0.3, -0.25) is 9.99 Å². The summed E-state index contributed by atoms with van der Waals surface area (Å²) in [5, 5.41) is 9.78. The highest BCUT2D eigenvalue weighted by atomic mass is 32.1. The lowest BCUT2D eigenvalue weighted by atomic mass is 10.1. The smallest absolute Gasteiger partial charge is 0.406 e. The number of benzene rings is 4. The van der Waals surface area contributed by atoms with Crippen molar-refractivity contribution >= 4 is 51.0 Å². The maximum absolute atomic E-state index is 12.5. The van der Waals surface area contributed by atoms with Crippen LogP contribution in [0.25, 0.3) is 27.5 Å². The zero-order valence-electron chi connectivity index (χ0n) is 21.3. The van der Waals surface area contributed by atoms with E-state index in [1.54, 1.807) is 18.3 Å². The number of hydrogen-bond acceptors (Lipinski definition) is 4. The predicted molar refractivity (Wildman–Crippen MR) is 153 cm³/mol. The van der Waals surface area contributed by atoms with Gasteiger partial charge in [-0.25, -0.2) is 4.98 Å². The third-order valence-electron chi connectivity index (χ3n) is 6.26. The Morgan fingerprint density at radius 2 is 1.69 bits per heavy atom. The van der Waals surface area contributed by atoms with Crippen LogP contribution < -0.4 is 15.5 Å². The van der Waals surface area contributed by atoms with E-state index in [4.69, 9.17) is 17.2 Å². The molecule has 2 N–H and O–H groups in total. The zero-order valence-corrected chi connectivity index (χ0v) is 22.1. The molecule has 0 fully saturated rings. The van der Waals surface area contributed by atoms with E-state index in [1.165, 1.54) is 12.1 Å². The molecule has 10 heteroatoms. The molecule has 1 aromatic heterocycles. The second kappa shape index (κ2) is 10.4. The van der Waals surface area contributed by atoms with Crippen molar-refractivity contribution in [2.24, 2.45) is 5.10 Å². The highest BCUT2D eigenvalue weighted by molar-refractivity contribution is 7.80. The molecule has 0 bridgehead atoms. The molecule has 198 valence electrons. The fourth-order valence-electron chi connectivity index (χ4n) is 4.53. The summed E-state index contributed by atoms with van der Waals surface area (Å²) in [6.07, 6.45) is -3.04. The normalized spacial score (nSPS) is 11.8. The van der Waals surface area contributed by atoms with Crippen LogP contribution in [0, 0.1) is 20.8 Å². The second-order valence-electron chi connectivity index (χ2n) is 9.04. The van der Waals surface area contributed by atoms with E-state index < -0.39 is 6.36 Å². The summed E-state index contributed by atoms with van der Waals surface area (Å²) in [6, 6.07) is 21.6. The van der Waals surface area contributed by atoms with Gasteiger partial charge in [0.25, 0.3) is 0 Å². The number of alkyl halides is 3. The minimum atomic E-state index is -4.74. The van der Waals surface area contributed by atoms with Gasteiger partial charge in [-0.05, 0) is 91.5 Å². The van der Waals surface area contributed by atoms with Crippen LogP contribution in [0.4, 0.5) is 18.9 Å².